The van der Waals surface area contributed by atoms with Crippen LogP contribution in [0.15, 0.2) is 28.1 Å². The van der Waals surface area contributed by atoms with Gasteiger partial charge in [0.1, 0.15) is 5.82 Å². The molecule has 0 spiro atoms. The van der Waals surface area contributed by atoms with Gasteiger partial charge in [0.25, 0.3) is 0 Å². The number of carbonyl (C=O) groups excluding carboxylic acids is 1. The molecule has 0 atom stereocenters. The predicted molar refractivity (Wildman–Crippen MR) is 68.9 cm³/mol. The Bertz CT molecular complexity index is 517. The third kappa shape index (κ3) is 2.11. The minimum absolute atomic E-state index is 0.184. The second-order valence-electron chi connectivity index (χ2n) is 5.05. The Kier molecular flexibility index (Phi) is 3.00. The van der Waals surface area contributed by atoms with Crippen molar-refractivity contribution in [2.75, 3.05) is 0 Å². The lowest BCUT2D eigenvalue weighted by Crippen LogP contribution is -2.31. The third-order valence-corrected chi connectivity index (χ3v) is 5.12. The SMILES string of the molecule is O=C=NC1(c2ccc(SC3CC3)c(F)c2)CCC1. The van der Waals surface area contributed by atoms with Gasteiger partial charge in [-0.15, -0.1) is 11.8 Å². The maximum atomic E-state index is 14.0. The monoisotopic (exact) mass is 263 g/mol. The van der Waals surface area contributed by atoms with Crippen LogP contribution < -0.4 is 0 Å². The topological polar surface area (TPSA) is 29.4 Å². The summed E-state index contributed by atoms with van der Waals surface area (Å²) in [5, 5.41) is 0.594. The number of hydrogen-bond acceptors (Lipinski definition) is 3. The molecule has 2 aliphatic rings. The molecule has 2 nitrogen and oxygen atoms in total. The zero-order valence-corrected chi connectivity index (χ0v) is 10.8. The van der Waals surface area contributed by atoms with Crippen LogP contribution in [0.1, 0.15) is 37.7 Å². The zero-order chi connectivity index (χ0) is 12.6. The standard InChI is InChI=1S/C14H14FNOS/c15-12-8-10(14(16-9-17)6-1-7-14)2-5-13(12)18-11-3-4-11/h2,5,8,11H,1,3-4,6-7H2. The number of aliphatic imine (C=N–C) groups is 1. The second-order valence-corrected chi connectivity index (χ2v) is 6.39. The van der Waals surface area contributed by atoms with Crippen LogP contribution in [0.25, 0.3) is 0 Å². The van der Waals surface area contributed by atoms with Crippen LogP contribution in [0.5, 0.6) is 0 Å². The average Bonchev–Trinajstić information content (AvgIpc) is 3.10. The van der Waals surface area contributed by atoms with Crippen molar-refractivity contribution in [3.05, 3.63) is 29.6 Å². The van der Waals surface area contributed by atoms with Crippen molar-refractivity contribution in [3.8, 4) is 0 Å². The first-order chi connectivity index (χ1) is 8.73. The van der Waals surface area contributed by atoms with E-state index in [1.54, 1.807) is 23.9 Å². The van der Waals surface area contributed by atoms with E-state index in [4.69, 9.17) is 0 Å². The molecule has 2 aliphatic carbocycles. The van der Waals surface area contributed by atoms with Crippen molar-refractivity contribution in [1.82, 2.24) is 0 Å². The molecule has 0 bridgehead atoms. The summed E-state index contributed by atoms with van der Waals surface area (Å²) < 4.78 is 14.0. The number of isocyanates is 1. The molecule has 0 heterocycles. The van der Waals surface area contributed by atoms with Gasteiger partial charge in [0.05, 0.1) is 5.54 Å². The van der Waals surface area contributed by atoms with Gasteiger partial charge < -0.3 is 0 Å². The fourth-order valence-electron chi connectivity index (χ4n) is 2.32. The Balaban J connectivity index is 1.88. The molecule has 0 radical (unpaired) electrons. The Morgan fingerprint density at radius 2 is 2.17 bits per heavy atom. The lowest BCUT2D eigenvalue weighted by atomic mass is 9.72. The van der Waals surface area contributed by atoms with E-state index >= 15 is 0 Å². The summed E-state index contributed by atoms with van der Waals surface area (Å²) in [5.74, 6) is -0.184. The van der Waals surface area contributed by atoms with Crippen molar-refractivity contribution in [1.29, 1.82) is 0 Å². The molecular formula is C14H14FNOS. The molecule has 4 heteroatoms. The van der Waals surface area contributed by atoms with E-state index in [1.165, 1.54) is 12.8 Å². The highest BCUT2D eigenvalue weighted by Gasteiger charge is 2.39. The fraction of sp³-hybridized carbons (Fsp3) is 0.500. The van der Waals surface area contributed by atoms with Crippen LogP contribution in [0.2, 0.25) is 0 Å². The van der Waals surface area contributed by atoms with Crippen molar-refractivity contribution >= 4 is 17.8 Å². The third-order valence-electron chi connectivity index (χ3n) is 3.73. The van der Waals surface area contributed by atoms with Crippen molar-refractivity contribution in [3.63, 3.8) is 0 Å². The Hall–Kier alpha value is -1.12. The van der Waals surface area contributed by atoms with Crippen molar-refractivity contribution in [2.45, 2.75) is 47.8 Å². The van der Waals surface area contributed by atoms with Crippen LogP contribution in [0.4, 0.5) is 4.39 Å². The minimum Gasteiger partial charge on any atom is -0.211 e. The van der Waals surface area contributed by atoms with Crippen molar-refractivity contribution in [2.24, 2.45) is 4.99 Å². The first-order valence-electron chi connectivity index (χ1n) is 6.29. The Labute approximate surface area is 110 Å². The Morgan fingerprint density at radius 1 is 1.39 bits per heavy atom. The van der Waals surface area contributed by atoms with E-state index in [9.17, 15) is 9.18 Å². The molecule has 0 amide bonds. The Morgan fingerprint density at radius 3 is 2.67 bits per heavy atom. The summed E-state index contributed by atoms with van der Waals surface area (Å²) in [4.78, 5) is 15.1. The molecule has 1 aromatic rings. The number of hydrogen-bond donors (Lipinski definition) is 0. The number of thioether (sulfide) groups is 1. The fourth-order valence-corrected chi connectivity index (χ4v) is 3.36. The van der Waals surface area contributed by atoms with Gasteiger partial charge in [0.15, 0.2) is 0 Å². The van der Waals surface area contributed by atoms with E-state index in [0.29, 0.717) is 10.1 Å². The highest BCUT2D eigenvalue weighted by Crippen LogP contribution is 2.46. The van der Waals surface area contributed by atoms with E-state index in [-0.39, 0.29) is 5.82 Å². The molecule has 94 valence electrons. The van der Waals surface area contributed by atoms with Crippen LogP contribution >= 0.6 is 11.8 Å². The summed E-state index contributed by atoms with van der Waals surface area (Å²) in [5.41, 5.74) is 0.320. The predicted octanol–water partition coefficient (Wildman–Crippen LogP) is 3.80. The zero-order valence-electron chi connectivity index (χ0n) is 9.99. The number of halogens is 1. The molecule has 2 fully saturated rings. The summed E-state index contributed by atoms with van der Waals surface area (Å²) in [7, 11) is 0. The van der Waals surface area contributed by atoms with Crippen molar-refractivity contribution < 1.29 is 9.18 Å². The highest BCUT2D eigenvalue weighted by atomic mass is 32.2. The summed E-state index contributed by atoms with van der Waals surface area (Å²) >= 11 is 1.61. The normalized spacial score (nSPS) is 20.9. The molecule has 2 saturated carbocycles. The molecule has 0 N–H and O–H groups in total. The van der Waals surface area contributed by atoms with Crippen LogP contribution in [0.3, 0.4) is 0 Å². The van der Waals surface area contributed by atoms with Crippen LogP contribution in [-0.2, 0) is 10.3 Å². The van der Waals surface area contributed by atoms with Crippen LogP contribution in [0, 0.1) is 5.82 Å². The number of rotatable bonds is 4. The molecular weight excluding hydrogens is 249 g/mol. The molecule has 0 unspecified atom stereocenters. The summed E-state index contributed by atoms with van der Waals surface area (Å²) in [6, 6.07) is 5.28. The van der Waals surface area contributed by atoms with Gasteiger partial charge in [-0.1, -0.05) is 6.07 Å². The van der Waals surface area contributed by atoms with Gasteiger partial charge in [-0.3, -0.25) is 0 Å². The van der Waals surface area contributed by atoms with Gasteiger partial charge in [-0.05, 0) is 49.8 Å². The molecule has 0 saturated heterocycles. The smallest absolute Gasteiger partial charge is 0.211 e. The largest absolute Gasteiger partial charge is 0.235 e. The summed E-state index contributed by atoms with van der Waals surface area (Å²) in [6.07, 6.45) is 6.67. The van der Waals surface area contributed by atoms with E-state index < -0.39 is 5.54 Å². The number of nitrogens with zero attached hydrogens (tertiary/aromatic N) is 1. The first-order valence-corrected chi connectivity index (χ1v) is 7.17. The quantitative estimate of drug-likeness (QED) is 0.611. The minimum atomic E-state index is -0.495. The molecule has 0 aliphatic heterocycles. The van der Waals surface area contributed by atoms with Gasteiger partial charge in [-0.25, -0.2) is 9.18 Å². The van der Waals surface area contributed by atoms with Gasteiger partial charge in [-0.2, -0.15) is 4.99 Å². The molecule has 1 aromatic carbocycles. The number of benzene rings is 1. The molecule has 18 heavy (non-hydrogen) atoms. The molecule has 0 aromatic heterocycles. The second kappa shape index (κ2) is 4.52. The maximum Gasteiger partial charge on any atom is 0.235 e. The van der Waals surface area contributed by atoms with E-state index in [1.807, 2.05) is 12.1 Å². The first kappa shape index (κ1) is 11.9. The van der Waals surface area contributed by atoms with E-state index in [2.05, 4.69) is 4.99 Å². The van der Waals surface area contributed by atoms with Gasteiger partial charge >= 0.3 is 0 Å². The molecule has 3 rings (SSSR count). The lowest BCUT2D eigenvalue weighted by Gasteiger charge is -2.37. The summed E-state index contributed by atoms with van der Waals surface area (Å²) in [6.45, 7) is 0. The van der Waals surface area contributed by atoms with Gasteiger partial charge in [0, 0.05) is 10.1 Å². The van der Waals surface area contributed by atoms with E-state index in [0.717, 1.165) is 24.8 Å². The highest BCUT2D eigenvalue weighted by molar-refractivity contribution is 8.00. The lowest BCUT2D eigenvalue weighted by molar-refractivity contribution is 0.255. The average molecular weight is 263 g/mol. The van der Waals surface area contributed by atoms with Crippen LogP contribution in [-0.4, -0.2) is 11.3 Å². The maximum absolute atomic E-state index is 14.0. The van der Waals surface area contributed by atoms with Gasteiger partial charge in [0.2, 0.25) is 6.08 Å².